The van der Waals surface area contributed by atoms with Crippen molar-refractivity contribution in [3.05, 3.63) is 59.3 Å². The molecule has 2 N–H and O–H groups in total. The van der Waals surface area contributed by atoms with Crippen LogP contribution in [0.25, 0.3) is 10.9 Å². The first-order valence-electron chi connectivity index (χ1n) is 11.7. The predicted molar refractivity (Wildman–Crippen MR) is 131 cm³/mol. The second-order valence-corrected chi connectivity index (χ2v) is 8.25. The van der Waals surface area contributed by atoms with Gasteiger partial charge in [0.05, 0.1) is 11.1 Å². The van der Waals surface area contributed by atoms with Gasteiger partial charge in [-0.25, -0.2) is 0 Å². The summed E-state index contributed by atoms with van der Waals surface area (Å²) in [4.78, 5) is 8.42. The Bertz CT molecular complexity index is 1070. The summed E-state index contributed by atoms with van der Waals surface area (Å²) in [5.74, 6) is 0.267. The topological polar surface area (TPSA) is 51.6 Å². The standard InChI is InChI=1S/C26H33F3N4O/c1-5-32(6-2)16-18-14-20(15-19(25(18)34)17-33(7-3)8-4)31-23-12-13-30-24-21(23)10-9-11-22(24)26(27,28)29/h9-15,34H,5-8,16-17H2,1-4H3,(H,30,31). The van der Waals surface area contributed by atoms with Gasteiger partial charge < -0.3 is 10.4 Å². The summed E-state index contributed by atoms with van der Waals surface area (Å²) in [5, 5.41) is 14.7. The Morgan fingerprint density at radius 1 is 0.882 bits per heavy atom. The van der Waals surface area contributed by atoms with Gasteiger partial charge in [0.25, 0.3) is 0 Å². The Kier molecular flexibility index (Phi) is 8.38. The van der Waals surface area contributed by atoms with E-state index in [2.05, 4.69) is 47.8 Å². The van der Waals surface area contributed by atoms with Crippen molar-refractivity contribution in [3.63, 3.8) is 0 Å². The van der Waals surface area contributed by atoms with Crippen LogP contribution in [0.15, 0.2) is 42.6 Å². The number of anilines is 2. The molecule has 34 heavy (non-hydrogen) atoms. The molecular formula is C26H33F3N4O. The lowest BCUT2D eigenvalue weighted by Gasteiger charge is -2.24. The van der Waals surface area contributed by atoms with Crippen molar-refractivity contribution in [1.29, 1.82) is 0 Å². The van der Waals surface area contributed by atoms with E-state index >= 15 is 0 Å². The molecule has 0 unspecified atom stereocenters. The fraction of sp³-hybridized carbons (Fsp3) is 0.423. The van der Waals surface area contributed by atoms with Gasteiger partial charge in [-0.15, -0.1) is 0 Å². The van der Waals surface area contributed by atoms with Crippen molar-refractivity contribution in [3.8, 4) is 5.75 Å². The minimum atomic E-state index is -4.49. The minimum absolute atomic E-state index is 0.0921. The largest absolute Gasteiger partial charge is 0.507 e. The summed E-state index contributed by atoms with van der Waals surface area (Å²) in [6.07, 6.45) is -3.11. The number of phenols is 1. The van der Waals surface area contributed by atoms with Crippen molar-refractivity contribution >= 4 is 22.3 Å². The SMILES string of the molecule is CCN(CC)Cc1cc(Nc2ccnc3c(C(F)(F)F)cccc23)cc(CN(CC)CC)c1O. The minimum Gasteiger partial charge on any atom is -0.507 e. The van der Waals surface area contributed by atoms with Crippen LogP contribution in [0.3, 0.4) is 0 Å². The van der Waals surface area contributed by atoms with Crippen LogP contribution in [0.5, 0.6) is 5.75 Å². The van der Waals surface area contributed by atoms with Gasteiger partial charge >= 0.3 is 6.18 Å². The van der Waals surface area contributed by atoms with Gasteiger partial charge in [-0.1, -0.05) is 39.8 Å². The predicted octanol–water partition coefficient (Wildman–Crippen LogP) is 6.39. The molecule has 3 rings (SSSR count). The molecule has 0 aliphatic carbocycles. The van der Waals surface area contributed by atoms with Crippen LogP contribution >= 0.6 is 0 Å². The first kappa shape index (κ1) is 25.8. The van der Waals surface area contributed by atoms with Gasteiger partial charge in [-0.3, -0.25) is 14.8 Å². The number of benzene rings is 2. The smallest absolute Gasteiger partial charge is 0.418 e. The Morgan fingerprint density at radius 3 is 1.94 bits per heavy atom. The molecule has 1 heterocycles. The van der Waals surface area contributed by atoms with Crippen LogP contribution in [-0.4, -0.2) is 46.1 Å². The van der Waals surface area contributed by atoms with Crippen molar-refractivity contribution < 1.29 is 18.3 Å². The highest BCUT2D eigenvalue weighted by Gasteiger charge is 2.33. The van der Waals surface area contributed by atoms with E-state index in [0.29, 0.717) is 29.9 Å². The normalized spacial score (nSPS) is 12.1. The number of para-hydroxylation sites is 1. The van der Waals surface area contributed by atoms with Crippen molar-refractivity contribution in [2.75, 3.05) is 31.5 Å². The molecule has 2 aromatic carbocycles. The van der Waals surface area contributed by atoms with Crippen LogP contribution in [0, 0.1) is 0 Å². The first-order valence-corrected chi connectivity index (χ1v) is 11.7. The third-order valence-corrected chi connectivity index (χ3v) is 6.20. The summed E-state index contributed by atoms with van der Waals surface area (Å²) in [5.41, 5.74) is 1.96. The molecule has 0 aliphatic rings. The van der Waals surface area contributed by atoms with Gasteiger partial charge in [0.15, 0.2) is 0 Å². The van der Waals surface area contributed by atoms with Crippen LogP contribution in [-0.2, 0) is 19.3 Å². The van der Waals surface area contributed by atoms with Gasteiger partial charge in [-0.05, 0) is 50.4 Å². The monoisotopic (exact) mass is 474 g/mol. The number of hydrogen-bond donors (Lipinski definition) is 2. The molecule has 0 amide bonds. The lowest BCUT2D eigenvalue weighted by Crippen LogP contribution is -2.24. The summed E-state index contributed by atoms with van der Waals surface area (Å²) in [6, 6.07) is 9.49. The highest BCUT2D eigenvalue weighted by atomic mass is 19.4. The van der Waals surface area contributed by atoms with E-state index in [4.69, 9.17) is 0 Å². The molecule has 184 valence electrons. The molecular weight excluding hydrogens is 441 g/mol. The van der Waals surface area contributed by atoms with Crippen molar-refractivity contribution in [1.82, 2.24) is 14.8 Å². The number of aromatic nitrogens is 1. The maximum Gasteiger partial charge on any atom is 0.418 e. The quantitative estimate of drug-likeness (QED) is 0.334. The van der Waals surface area contributed by atoms with Gasteiger partial charge in [0.1, 0.15) is 5.75 Å². The van der Waals surface area contributed by atoms with E-state index in [0.717, 1.165) is 43.4 Å². The second-order valence-electron chi connectivity index (χ2n) is 8.25. The number of halogens is 3. The van der Waals surface area contributed by atoms with Crippen LogP contribution < -0.4 is 5.32 Å². The summed E-state index contributed by atoms with van der Waals surface area (Å²) >= 11 is 0. The lowest BCUT2D eigenvalue weighted by atomic mass is 10.0. The van der Waals surface area contributed by atoms with Gasteiger partial charge in [0.2, 0.25) is 0 Å². The number of aromatic hydroxyl groups is 1. The van der Waals surface area contributed by atoms with Crippen LogP contribution in [0.2, 0.25) is 0 Å². The number of hydrogen-bond acceptors (Lipinski definition) is 5. The zero-order valence-corrected chi connectivity index (χ0v) is 20.2. The van der Waals surface area contributed by atoms with Crippen molar-refractivity contribution in [2.24, 2.45) is 0 Å². The Morgan fingerprint density at radius 2 is 1.44 bits per heavy atom. The zero-order chi connectivity index (χ0) is 24.9. The summed E-state index contributed by atoms with van der Waals surface area (Å²) < 4.78 is 40.5. The fourth-order valence-corrected chi connectivity index (χ4v) is 4.12. The number of fused-ring (bicyclic) bond motifs is 1. The molecule has 0 atom stereocenters. The number of nitrogens with one attached hydrogen (secondary N) is 1. The molecule has 1 aromatic heterocycles. The number of pyridine rings is 1. The number of alkyl halides is 3. The number of phenolic OH excluding ortho intramolecular Hbond substituents is 1. The van der Waals surface area contributed by atoms with E-state index in [1.54, 1.807) is 12.1 Å². The number of rotatable bonds is 10. The maximum atomic E-state index is 13.5. The summed E-state index contributed by atoms with van der Waals surface area (Å²) in [7, 11) is 0. The summed E-state index contributed by atoms with van der Waals surface area (Å²) in [6.45, 7) is 12.8. The van der Waals surface area contributed by atoms with Gasteiger partial charge in [0, 0.05) is 47.2 Å². The third kappa shape index (κ3) is 5.80. The maximum absolute atomic E-state index is 13.5. The Balaban J connectivity index is 2.07. The first-order chi connectivity index (χ1) is 16.2. The van der Waals surface area contributed by atoms with E-state index in [9.17, 15) is 18.3 Å². The molecule has 5 nitrogen and oxygen atoms in total. The fourth-order valence-electron chi connectivity index (χ4n) is 4.12. The van der Waals surface area contributed by atoms with E-state index in [1.165, 1.54) is 12.3 Å². The van der Waals surface area contributed by atoms with E-state index in [1.807, 2.05) is 12.1 Å². The van der Waals surface area contributed by atoms with Gasteiger partial charge in [-0.2, -0.15) is 13.2 Å². The molecule has 0 bridgehead atoms. The average molecular weight is 475 g/mol. The number of nitrogens with zero attached hydrogens (tertiary/aromatic N) is 3. The third-order valence-electron chi connectivity index (χ3n) is 6.20. The van der Waals surface area contributed by atoms with E-state index < -0.39 is 11.7 Å². The molecule has 0 fully saturated rings. The molecule has 3 aromatic rings. The zero-order valence-electron chi connectivity index (χ0n) is 20.2. The van der Waals surface area contributed by atoms with Crippen LogP contribution in [0.4, 0.5) is 24.5 Å². The van der Waals surface area contributed by atoms with Crippen LogP contribution in [0.1, 0.15) is 44.4 Å². The molecule has 0 spiro atoms. The Labute approximate surface area is 199 Å². The lowest BCUT2D eigenvalue weighted by molar-refractivity contribution is -0.136. The average Bonchev–Trinajstić information content (AvgIpc) is 2.82. The Hall–Kier alpha value is -2.84. The molecule has 0 saturated carbocycles. The molecule has 0 saturated heterocycles. The van der Waals surface area contributed by atoms with E-state index in [-0.39, 0.29) is 11.3 Å². The van der Waals surface area contributed by atoms with Crippen molar-refractivity contribution in [2.45, 2.75) is 47.0 Å². The highest BCUT2D eigenvalue weighted by molar-refractivity contribution is 5.95. The highest BCUT2D eigenvalue weighted by Crippen LogP contribution is 2.37. The second kappa shape index (κ2) is 11.1. The molecule has 0 aliphatic heterocycles. The molecule has 0 radical (unpaired) electrons. The molecule has 8 heteroatoms.